The summed E-state index contributed by atoms with van der Waals surface area (Å²) in [5, 5.41) is 7.52. The quantitative estimate of drug-likeness (QED) is 0.566. The minimum absolute atomic E-state index is 0.0224. The zero-order chi connectivity index (χ0) is 22.6. The van der Waals surface area contributed by atoms with Crippen molar-refractivity contribution < 1.29 is 13.9 Å². The van der Waals surface area contributed by atoms with Gasteiger partial charge < -0.3 is 19.9 Å². The Hall–Kier alpha value is -2.94. The highest BCUT2D eigenvalue weighted by molar-refractivity contribution is 5.98. The number of hydrogen-bond donors (Lipinski definition) is 1. The van der Waals surface area contributed by atoms with Gasteiger partial charge in [-0.05, 0) is 37.5 Å². The molecule has 9 heteroatoms. The number of guanidine groups is 1. The van der Waals surface area contributed by atoms with Crippen LogP contribution in [0, 0.1) is 5.82 Å². The lowest BCUT2D eigenvalue weighted by Crippen LogP contribution is -2.55. The van der Waals surface area contributed by atoms with Gasteiger partial charge in [-0.15, -0.1) is 0 Å². The van der Waals surface area contributed by atoms with Gasteiger partial charge >= 0.3 is 0 Å². The molecule has 2 aliphatic rings. The van der Waals surface area contributed by atoms with Crippen LogP contribution >= 0.6 is 0 Å². The molecule has 4 rings (SSSR count). The van der Waals surface area contributed by atoms with Crippen molar-refractivity contribution in [2.45, 2.75) is 25.2 Å². The van der Waals surface area contributed by atoms with Gasteiger partial charge in [0, 0.05) is 51.5 Å². The topological polar surface area (TPSA) is 75.0 Å². The van der Waals surface area contributed by atoms with Gasteiger partial charge in [0.15, 0.2) is 5.96 Å². The number of halogens is 1. The number of rotatable bonds is 5. The first-order valence-corrected chi connectivity index (χ1v) is 11.2. The van der Waals surface area contributed by atoms with Gasteiger partial charge in [-0.2, -0.15) is 5.10 Å². The summed E-state index contributed by atoms with van der Waals surface area (Å²) in [6.45, 7) is 6.12. The van der Waals surface area contributed by atoms with E-state index in [1.54, 1.807) is 15.8 Å². The van der Waals surface area contributed by atoms with E-state index in [4.69, 9.17) is 9.73 Å². The molecule has 0 unspecified atom stereocenters. The van der Waals surface area contributed by atoms with Crippen molar-refractivity contribution in [2.24, 2.45) is 12.0 Å². The number of aromatic nitrogens is 2. The van der Waals surface area contributed by atoms with Crippen LogP contribution in [-0.4, -0.2) is 72.5 Å². The highest BCUT2D eigenvalue weighted by Crippen LogP contribution is 2.35. The molecule has 0 atom stereocenters. The third-order valence-corrected chi connectivity index (χ3v) is 6.30. The molecule has 1 aromatic heterocycles. The molecule has 1 aromatic carbocycles. The molecular weight excluding hydrogens is 411 g/mol. The molecule has 2 fully saturated rings. The number of ether oxygens (including phenoxy) is 1. The third kappa shape index (κ3) is 4.77. The Morgan fingerprint density at radius 3 is 2.62 bits per heavy atom. The van der Waals surface area contributed by atoms with Crippen LogP contribution in [0.1, 0.15) is 25.3 Å². The Balaban J connectivity index is 1.52. The first kappa shape index (κ1) is 22.3. The van der Waals surface area contributed by atoms with E-state index < -0.39 is 0 Å². The Bertz CT molecular complexity index is 952. The van der Waals surface area contributed by atoms with Crippen LogP contribution < -0.4 is 10.2 Å². The molecule has 1 N–H and O–H groups in total. The van der Waals surface area contributed by atoms with E-state index in [1.165, 1.54) is 12.1 Å². The Kier molecular flexibility index (Phi) is 6.74. The highest BCUT2D eigenvalue weighted by Gasteiger charge is 2.35. The molecule has 2 aromatic rings. The summed E-state index contributed by atoms with van der Waals surface area (Å²) >= 11 is 0. The highest BCUT2D eigenvalue weighted by atomic mass is 19.1. The smallest absolute Gasteiger partial charge is 0.246 e. The van der Waals surface area contributed by atoms with E-state index in [0.29, 0.717) is 39.4 Å². The maximum atomic E-state index is 13.5. The number of anilines is 1. The summed E-state index contributed by atoms with van der Waals surface area (Å²) in [5.41, 5.74) is 1.70. The Morgan fingerprint density at radius 2 is 2.00 bits per heavy atom. The summed E-state index contributed by atoms with van der Waals surface area (Å²) in [7, 11) is 1.84. The second-order valence-corrected chi connectivity index (χ2v) is 8.41. The summed E-state index contributed by atoms with van der Waals surface area (Å²) in [6, 6.07) is 6.74. The Morgan fingerprint density at radius 1 is 1.25 bits per heavy atom. The van der Waals surface area contributed by atoms with Crippen molar-refractivity contribution in [2.75, 3.05) is 50.8 Å². The van der Waals surface area contributed by atoms with Crippen LogP contribution in [-0.2, 0) is 22.0 Å². The van der Waals surface area contributed by atoms with Crippen molar-refractivity contribution in [3.05, 3.63) is 48.0 Å². The van der Waals surface area contributed by atoms with Gasteiger partial charge in [0.1, 0.15) is 12.4 Å². The van der Waals surface area contributed by atoms with Crippen LogP contribution in [0.4, 0.5) is 10.1 Å². The van der Waals surface area contributed by atoms with Crippen molar-refractivity contribution in [1.82, 2.24) is 20.0 Å². The van der Waals surface area contributed by atoms with E-state index in [-0.39, 0.29) is 23.7 Å². The van der Waals surface area contributed by atoms with E-state index >= 15 is 0 Å². The average molecular weight is 443 g/mol. The second-order valence-electron chi connectivity index (χ2n) is 8.41. The molecule has 0 spiro atoms. The van der Waals surface area contributed by atoms with Crippen molar-refractivity contribution in [3.63, 3.8) is 0 Å². The number of aryl methyl sites for hydroxylation is 1. The standard InChI is InChI=1S/C23H31FN6O2/c1-3-25-22(29-10-11-30(21(31)16-29)20-14-27-28(2)15-20)26-17-23(8-12-32-13-9-23)18-4-6-19(24)7-5-18/h4-7,14-15H,3,8-13,16-17H2,1-2H3,(H,25,26). The second kappa shape index (κ2) is 9.68. The van der Waals surface area contributed by atoms with Gasteiger partial charge in [-0.1, -0.05) is 12.1 Å². The predicted molar refractivity (Wildman–Crippen MR) is 121 cm³/mol. The molecule has 8 nitrogen and oxygen atoms in total. The fraction of sp³-hybridized carbons (Fsp3) is 0.522. The number of benzene rings is 1. The van der Waals surface area contributed by atoms with Crippen LogP contribution in [0.5, 0.6) is 0 Å². The normalized spacial score (nSPS) is 19.3. The molecular formula is C23H31FN6O2. The number of carbonyl (C=O) groups excluding carboxylic acids is 1. The molecule has 172 valence electrons. The molecule has 2 aliphatic heterocycles. The Labute approximate surface area is 188 Å². The molecule has 1 amide bonds. The maximum absolute atomic E-state index is 13.5. The molecule has 0 bridgehead atoms. The predicted octanol–water partition coefficient (Wildman–Crippen LogP) is 1.92. The number of aliphatic imine (C=N–C) groups is 1. The van der Waals surface area contributed by atoms with Gasteiger partial charge in [0.05, 0.1) is 18.4 Å². The number of nitrogens with zero attached hydrogens (tertiary/aromatic N) is 5. The van der Waals surface area contributed by atoms with Gasteiger partial charge in [0.25, 0.3) is 0 Å². The monoisotopic (exact) mass is 442 g/mol. The number of hydrogen-bond acceptors (Lipinski definition) is 4. The fourth-order valence-corrected chi connectivity index (χ4v) is 4.43. The van der Waals surface area contributed by atoms with Gasteiger partial charge in [-0.25, -0.2) is 4.39 Å². The van der Waals surface area contributed by atoms with Crippen molar-refractivity contribution >= 4 is 17.6 Å². The summed E-state index contributed by atoms with van der Waals surface area (Å²) in [5.74, 6) is 0.520. The number of piperazine rings is 1. The average Bonchev–Trinajstić information content (AvgIpc) is 3.23. The molecule has 0 saturated carbocycles. The maximum Gasteiger partial charge on any atom is 0.246 e. The van der Waals surface area contributed by atoms with Gasteiger partial charge in [0.2, 0.25) is 5.91 Å². The molecule has 0 aliphatic carbocycles. The van der Waals surface area contributed by atoms with Crippen molar-refractivity contribution in [1.29, 1.82) is 0 Å². The summed E-state index contributed by atoms with van der Waals surface area (Å²) in [4.78, 5) is 21.6. The zero-order valence-electron chi connectivity index (χ0n) is 18.8. The minimum atomic E-state index is -0.238. The molecule has 2 saturated heterocycles. The van der Waals surface area contributed by atoms with E-state index in [1.807, 2.05) is 37.2 Å². The lowest BCUT2D eigenvalue weighted by molar-refractivity contribution is -0.120. The zero-order valence-corrected chi connectivity index (χ0v) is 18.8. The number of amides is 1. The largest absolute Gasteiger partial charge is 0.381 e. The lowest BCUT2D eigenvalue weighted by atomic mass is 9.74. The SMILES string of the molecule is CCNC(=NCC1(c2ccc(F)cc2)CCOCC1)N1CCN(c2cnn(C)c2)C(=O)C1. The van der Waals surface area contributed by atoms with Crippen molar-refractivity contribution in [3.8, 4) is 0 Å². The number of carbonyl (C=O) groups is 1. The van der Waals surface area contributed by atoms with E-state index in [2.05, 4.69) is 10.4 Å². The first-order chi connectivity index (χ1) is 15.5. The first-order valence-electron chi connectivity index (χ1n) is 11.2. The molecule has 0 radical (unpaired) electrons. The summed E-state index contributed by atoms with van der Waals surface area (Å²) < 4.78 is 20.8. The van der Waals surface area contributed by atoms with Gasteiger partial charge in [-0.3, -0.25) is 14.5 Å². The molecule has 32 heavy (non-hydrogen) atoms. The minimum Gasteiger partial charge on any atom is -0.381 e. The molecule has 3 heterocycles. The summed E-state index contributed by atoms with van der Waals surface area (Å²) in [6.07, 6.45) is 5.22. The van der Waals surface area contributed by atoms with Crippen LogP contribution in [0.15, 0.2) is 41.7 Å². The van der Waals surface area contributed by atoms with Crippen LogP contribution in [0.2, 0.25) is 0 Å². The van der Waals surface area contributed by atoms with E-state index in [0.717, 1.165) is 30.1 Å². The number of nitrogens with one attached hydrogen (secondary N) is 1. The lowest BCUT2D eigenvalue weighted by Gasteiger charge is -2.38. The fourth-order valence-electron chi connectivity index (χ4n) is 4.43. The van der Waals surface area contributed by atoms with E-state index in [9.17, 15) is 9.18 Å². The van der Waals surface area contributed by atoms with Crippen LogP contribution in [0.3, 0.4) is 0 Å². The third-order valence-electron chi connectivity index (χ3n) is 6.30. The van der Waals surface area contributed by atoms with Crippen LogP contribution in [0.25, 0.3) is 0 Å².